The Hall–Kier alpha value is -1.79. The highest BCUT2D eigenvalue weighted by Crippen LogP contribution is 2.59. The number of hydrogen-bond acceptors (Lipinski definition) is 2. The summed E-state index contributed by atoms with van der Waals surface area (Å²) in [5.41, 5.74) is -0.940. The van der Waals surface area contributed by atoms with Gasteiger partial charge in [-0.2, -0.15) is 13.2 Å². The number of amides is 2. The second-order valence-corrected chi connectivity index (χ2v) is 5.02. The average molecular weight is 287 g/mol. The zero-order chi connectivity index (χ0) is 14.8. The molecule has 1 fully saturated rings. The van der Waals surface area contributed by atoms with E-state index in [4.69, 9.17) is 0 Å². The lowest BCUT2D eigenvalue weighted by Gasteiger charge is -2.21. The third-order valence-corrected chi connectivity index (χ3v) is 3.69. The van der Waals surface area contributed by atoms with E-state index in [0.29, 0.717) is 5.69 Å². The number of aromatic nitrogens is 1. The van der Waals surface area contributed by atoms with Crippen molar-refractivity contribution in [2.24, 2.45) is 5.41 Å². The predicted octanol–water partition coefficient (Wildman–Crippen LogP) is 2.96. The van der Waals surface area contributed by atoms with Crippen molar-refractivity contribution >= 4 is 11.7 Å². The standard InChI is InChI=1S/C13H16F3N3O/c1-19(10-2-7-17-8-3-10)11(20)18-9-6-12(4-5-12)13(14,15)16/h2-3,7-8H,4-6,9H2,1H3,(H,18,20). The molecule has 1 N–H and O–H groups in total. The Morgan fingerprint density at radius 3 is 2.50 bits per heavy atom. The summed E-state index contributed by atoms with van der Waals surface area (Å²) in [5, 5.41) is 2.52. The van der Waals surface area contributed by atoms with Crippen molar-refractivity contribution in [1.29, 1.82) is 0 Å². The molecule has 1 saturated carbocycles. The number of carbonyl (C=O) groups is 1. The number of hydrogen-bond donors (Lipinski definition) is 1. The molecular formula is C13H16F3N3O. The Kier molecular flexibility index (Phi) is 3.87. The van der Waals surface area contributed by atoms with Gasteiger partial charge in [0, 0.05) is 31.7 Å². The van der Waals surface area contributed by atoms with Crippen LogP contribution in [0.15, 0.2) is 24.5 Å². The highest BCUT2D eigenvalue weighted by atomic mass is 19.4. The van der Waals surface area contributed by atoms with Crippen LogP contribution in [-0.2, 0) is 0 Å². The number of anilines is 1. The summed E-state index contributed by atoms with van der Waals surface area (Å²) >= 11 is 0. The maximum Gasteiger partial charge on any atom is 0.394 e. The van der Waals surface area contributed by atoms with Crippen molar-refractivity contribution in [3.8, 4) is 0 Å². The summed E-state index contributed by atoms with van der Waals surface area (Å²) in [6, 6.07) is 2.88. The largest absolute Gasteiger partial charge is 0.394 e. The summed E-state index contributed by atoms with van der Waals surface area (Å²) in [6.45, 7) is 0.0216. The number of pyridine rings is 1. The van der Waals surface area contributed by atoms with Gasteiger partial charge in [-0.15, -0.1) is 0 Å². The van der Waals surface area contributed by atoms with Crippen LogP contribution >= 0.6 is 0 Å². The highest BCUT2D eigenvalue weighted by Gasteiger charge is 2.62. The number of urea groups is 1. The lowest BCUT2D eigenvalue weighted by molar-refractivity contribution is -0.188. The zero-order valence-corrected chi connectivity index (χ0v) is 11.1. The molecule has 0 radical (unpaired) electrons. The topological polar surface area (TPSA) is 45.2 Å². The van der Waals surface area contributed by atoms with Gasteiger partial charge >= 0.3 is 12.2 Å². The van der Waals surface area contributed by atoms with Gasteiger partial charge in [0.2, 0.25) is 0 Å². The Labute approximate surface area is 115 Å². The van der Waals surface area contributed by atoms with Gasteiger partial charge in [-0.1, -0.05) is 0 Å². The molecule has 2 amide bonds. The first-order valence-corrected chi connectivity index (χ1v) is 6.34. The third kappa shape index (κ3) is 3.02. The van der Waals surface area contributed by atoms with Crippen LogP contribution in [-0.4, -0.2) is 30.8 Å². The van der Waals surface area contributed by atoms with E-state index in [9.17, 15) is 18.0 Å². The monoisotopic (exact) mass is 287 g/mol. The van der Waals surface area contributed by atoms with E-state index in [1.807, 2.05) is 0 Å². The van der Waals surface area contributed by atoms with Gasteiger partial charge < -0.3 is 5.32 Å². The maximum atomic E-state index is 12.7. The lowest BCUT2D eigenvalue weighted by atomic mass is 10.0. The molecule has 0 aromatic carbocycles. The molecule has 7 heteroatoms. The quantitative estimate of drug-likeness (QED) is 0.925. The number of nitrogens with zero attached hydrogens (tertiary/aromatic N) is 2. The number of alkyl halides is 3. The van der Waals surface area contributed by atoms with E-state index in [1.165, 1.54) is 4.90 Å². The normalized spacial score (nSPS) is 16.6. The molecule has 0 unspecified atom stereocenters. The molecule has 0 atom stereocenters. The van der Waals surface area contributed by atoms with Gasteiger partial charge in [0.05, 0.1) is 5.41 Å². The Bertz CT molecular complexity index is 471. The van der Waals surface area contributed by atoms with Crippen molar-refractivity contribution in [2.45, 2.75) is 25.4 Å². The molecule has 0 saturated heterocycles. The highest BCUT2D eigenvalue weighted by molar-refractivity contribution is 5.91. The van der Waals surface area contributed by atoms with Crippen LogP contribution in [0.1, 0.15) is 19.3 Å². The fourth-order valence-electron chi connectivity index (χ4n) is 2.04. The molecule has 2 rings (SSSR count). The zero-order valence-electron chi connectivity index (χ0n) is 11.1. The molecule has 0 spiro atoms. The number of carbonyl (C=O) groups excluding carboxylic acids is 1. The van der Waals surface area contributed by atoms with Crippen molar-refractivity contribution < 1.29 is 18.0 Å². The van der Waals surface area contributed by atoms with Crippen molar-refractivity contribution in [3.05, 3.63) is 24.5 Å². The smallest absolute Gasteiger partial charge is 0.338 e. The minimum atomic E-state index is -4.17. The van der Waals surface area contributed by atoms with Gasteiger partial charge in [-0.25, -0.2) is 4.79 Å². The molecule has 1 heterocycles. The van der Waals surface area contributed by atoms with Gasteiger partial charge in [-0.05, 0) is 31.4 Å². The first kappa shape index (κ1) is 14.6. The second-order valence-electron chi connectivity index (χ2n) is 5.02. The molecule has 1 aliphatic carbocycles. The van der Waals surface area contributed by atoms with Crippen LogP contribution in [0, 0.1) is 5.41 Å². The number of rotatable bonds is 4. The summed E-state index contributed by atoms with van der Waals surface area (Å²) in [5.74, 6) is 0. The minimum Gasteiger partial charge on any atom is -0.338 e. The number of nitrogens with one attached hydrogen (secondary N) is 1. The molecule has 110 valence electrons. The second kappa shape index (κ2) is 5.30. The van der Waals surface area contributed by atoms with Gasteiger partial charge in [0.25, 0.3) is 0 Å². The van der Waals surface area contributed by atoms with Gasteiger partial charge in [0.15, 0.2) is 0 Å². The Balaban J connectivity index is 1.82. The van der Waals surface area contributed by atoms with Crippen LogP contribution in [0.25, 0.3) is 0 Å². The summed E-state index contributed by atoms with van der Waals surface area (Å²) in [7, 11) is 1.56. The third-order valence-electron chi connectivity index (χ3n) is 3.69. The van der Waals surface area contributed by atoms with E-state index in [0.717, 1.165) is 0 Å². The van der Waals surface area contributed by atoms with E-state index in [-0.39, 0.29) is 25.8 Å². The summed E-state index contributed by atoms with van der Waals surface area (Å²) in [6.07, 6.45) is -0.829. The van der Waals surface area contributed by atoms with Crippen LogP contribution in [0.5, 0.6) is 0 Å². The van der Waals surface area contributed by atoms with Crippen molar-refractivity contribution in [3.63, 3.8) is 0 Å². The Morgan fingerprint density at radius 2 is 2.00 bits per heavy atom. The molecule has 1 aromatic rings. The molecule has 0 bridgehead atoms. The average Bonchev–Trinajstić information content (AvgIpc) is 3.19. The first-order chi connectivity index (χ1) is 9.36. The van der Waals surface area contributed by atoms with Gasteiger partial charge in [0.1, 0.15) is 0 Å². The van der Waals surface area contributed by atoms with Crippen LogP contribution in [0.3, 0.4) is 0 Å². The summed E-state index contributed by atoms with van der Waals surface area (Å²) in [4.78, 5) is 17.0. The van der Waals surface area contributed by atoms with E-state index in [2.05, 4.69) is 10.3 Å². The maximum absolute atomic E-state index is 12.7. The molecule has 0 aliphatic heterocycles. The molecule has 1 aliphatic rings. The van der Waals surface area contributed by atoms with Crippen molar-refractivity contribution in [1.82, 2.24) is 10.3 Å². The summed E-state index contributed by atoms with van der Waals surface area (Å²) < 4.78 is 38.1. The molecule has 4 nitrogen and oxygen atoms in total. The number of halogens is 3. The Morgan fingerprint density at radius 1 is 1.40 bits per heavy atom. The first-order valence-electron chi connectivity index (χ1n) is 6.34. The SMILES string of the molecule is CN(C(=O)NCCC1(C(F)(F)F)CC1)c1ccncc1. The van der Waals surface area contributed by atoms with Crippen LogP contribution < -0.4 is 10.2 Å². The molecular weight excluding hydrogens is 271 g/mol. The molecule has 1 aromatic heterocycles. The molecule has 20 heavy (non-hydrogen) atoms. The fourth-order valence-corrected chi connectivity index (χ4v) is 2.04. The van der Waals surface area contributed by atoms with Crippen molar-refractivity contribution in [2.75, 3.05) is 18.5 Å². The van der Waals surface area contributed by atoms with E-state index < -0.39 is 17.6 Å². The minimum absolute atomic E-state index is 0.0216. The van der Waals surface area contributed by atoms with E-state index in [1.54, 1.807) is 31.6 Å². The predicted molar refractivity (Wildman–Crippen MR) is 68.4 cm³/mol. The van der Waals surface area contributed by atoms with Gasteiger partial charge in [-0.3, -0.25) is 9.88 Å². The van der Waals surface area contributed by atoms with Crippen LogP contribution in [0.2, 0.25) is 0 Å². The lowest BCUT2D eigenvalue weighted by Crippen LogP contribution is -2.39. The van der Waals surface area contributed by atoms with Crippen LogP contribution in [0.4, 0.5) is 23.7 Å². The van der Waals surface area contributed by atoms with E-state index >= 15 is 0 Å². The fraction of sp³-hybridized carbons (Fsp3) is 0.538.